The lowest BCUT2D eigenvalue weighted by molar-refractivity contribution is -0.128. The summed E-state index contributed by atoms with van der Waals surface area (Å²) < 4.78 is 0. The van der Waals surface area contributed by atoms with Gasteiger partial charge in [0, 0.05) is 30.1 Å². The zero-order valence-corrected chi connectivity index (χ0v) is 19.5. The summed E-state index contributed by atoms with van der Waals surface area (Å²) in [5.74, 6) is 0.277. The summed E-state index contributed by atoms with van der Waals surface area (Å²) in [7, 11) is 0. The van der Waals surface area contributed by atoms with Crippen LogP contribution < -0.4 is 5.43 Å². The van der Waals surface area contributed by atoms with Gasteiger partial charge in [0.25, 0.3) is 5.91 Å². The van der Waals surface area contributed by atoms with E-state index in [1.165, 1.54) is 18.2 Å². The van der Waals surface area contributed by atoms with Crippen LogP contribution in [0.4, 0.5) is 0 Å². The van der Waals surface area contributed by atoms with Gasteiger partial charge in [-0.15, -0.1) is 11.8 Å². The number of benzene rings is 2. The number of carbonyl (C=O) groups is 2. The molecule has 6 heteroatoms. The molecule has 31 heavy (non-hydrogen) atoms. The van der Waals surface area contributed by atoms with Gasteiger partial charge in [-0.25, -0.2) is 5.01 Å². The highest BCUT2D eigenvalue weighted by Gasteiger charge is 2.27. The van der Waals surface area contributed by atoms with Crippen molar-refractivity contribution < 1.29 is 9.59 Å². The van der Waals surface area contributed by atoms with Crippen LogP contribution in [0.2, 0.25) is 0 Å². The Kier molecular flexibility index (Phi) is 8.55. The van der Waals surface area contributed by atoms with E-state index in [9.17, 15) is 9.59 Å². The standard InChI is InChI=1S/C25H33N3O2S/c1-4-27(17-21-13-6-5-7-14-21)24(29)18-31-23-16-9-8-15-22(23)25(30)26-28-19(2)11-10-12-20(28)3/h5-9,13-16,19-20H,4,10-12,17-18H2,1-3H3,(H,26,30)/t19-,20-/m0/s1. The topological polar surface area (TPSA) is 52.7 Å². The predicted molar refractivity (Wildman–Crippen MR) is 127 cm³/mol. The van der Waals surface area contributed by atoms with Crippen molar-refractivity contribution in [2.75, 3.05) is 12.3 Å². The number of rotatable bonds is 8. The first-order valence-electron chi connectivity index (χ1n) is 11.1. The molecule has 0 spiro atoms. The first-order valence-corrected chi connectivity index (χ1v) is 12.1. The summed E-state index contributed by atoms with van der Waals surface area (Å²) in [5.41, 5.74) is 4.85. The van der Waals surface area contributed by atoms with Crippen molar-refractivity contribution in [3.8, 4) is 0 Å². The summed E-state index contributed by atoms with van der Waals surface area (Å²) in [4.78, 5) is 28.6. The molecular formula is C25H33N3O2S. The summed E-state index contributed by atoms with van der Waals surface area (Å²) in [6.45, 7) is 7.56. The van der Waals surface area contributed by atoms with Gasteiger partial charge in [-0.2, -0.15) is 0 Å². The van der Waals surface area contributed by atoms with Crippen LogP contribution in [-0.4, -0.2) is 46.1 Å². The van der Waals surface area contributed by atoms with Crippen molar-refractivity contribution in [3.63, 3.8) is 0 Å². The van der Waals surface area contributed by atoms with Crippen LogP contribution in [0, 0.1) is 0 Å². The van der Waals surface area contributed by atoms with E-state index in [1.54, 1.807) is 0 Å². The molecule has 2 amide bonds. The summed E-state index contributed by atoms with van der Waals surface area (Å²) in [6, 6.07) is 18.2. The maximum Gasteiger partial charge on any atom is 0.266 e. The number of carbonyl (C=O) groups excluding carboxylic acids is 2. The van der Waals surface area contributed by atoms with Crippen molar-refractivity contribution in [2.45, 2.75) is 63.6 Å². The Morgan fingerprint density at radius 3 is 2.35 bits per heavy atom. The van der Waals surface area contributed by atoms with E-state index in [0.29, 0.717) is 36.5 Å². The zero-order valence-electron chi connectivity index (χ0n) is 18.7. The van der Waals surface area contributed by atoms with E-state index in [4.69, 9.17) is 0 Å². The average Bonchev–Trinajstić information content (AvgIpc) is 2.79. The second-order valence-electron chi connectivity index (χ2n) is 8.16. The number of nitrogens with zero attached hydrogens (tertiary/aromatic N) is 2. The first kappa shape index (κ1) is 23.4. The number of amides is 2. The molecule has 1 aliphatic heterocycles. The van der Waals surface area contributed by atoms with Crippen molar-refractivity contribution in [1.29, 1.82) is 0 Å². The van der Waals surface area contributed by atoms with Crippen LogP contribution in [0.3, 0.4) is 0 Å². The van der Waals surface area contributed by atoms with Crippen LogP contribution in [0.1, 0.15) is 56.0 Å². The SMILES string of the molecule is CCN(Cc1ccccc1)C(=O)CSc1ccccc1C(=O)NN1[C@@H](C)CCC[C@@H]1C. The molecule has 2 atom stereocenters. The molecule has 2 aromatic rings. The van der Waals surface area contributed by atoms with Crippen LogP contribution in [0.5, 0.6) is 0 Å². The fraction of sp³-hybridized carbons (Fsp3) is 0.440. The fourth-order valence-electron chi connectivity index (χ4n) is 4.01. The molecule has 1 N–H and O–H groups in total. The first-order chi connectivity index (χ1) is 15.0. The minimum Gasteiger partial charge on any atom is -0.338 e. The van der Waals surface area contributed by atoms with Gasteiger partial charge in [-0.3, -0.25) is 15.0 Å². The van der Waals surface area contributed by atoms with E-state index in [2.05, 4.69) is 24.3 Å². The van der Waals surface area contributed by atoms with Gasteiger partial charge in [0.15, 0.2) is 0 Å². The molecule has 1 aliphatic rings. The maximum absolute atomic E-state index is 13.0. The van der Waals surface area contributed by atoms with Gasteiger partial charge >= 0.3 is 0 Å². The van der Waals surface area contributed by atoms with Gasteiger partial charge in [0.05, 0.1) is 11.3 Å². The molecule has 0 aromatic heterocycles. The van der Waals surface area contributed by atoms with Gasteiger partial charge in [-0.05, 0) is 51.3 Å². The highest BCUT2D eigenvalue weighted by atomic mass is 32.2. The zero-order chi connectivity index (χ0) is 22.2. The number of hydrogen-bond acceptors (Lipinski definition) is 4. The Bertz CT molecular complexity index is 864. The maximum atomic E-state index is 13.0. The molecule has 0 aliphatic carbocycles. The Balaban J connectivity index is 1.63. The highest BCUT2D eigenvalue weighted by molar-refractivity contribution is 8.00. The van der Waals surface area contributed by atoms with Crippen molar-refractivity contribution in [1.82, 2.24) is 15.3 Å². The molecule has 0 bridgehead atoms. The molecule has 2 aromatic carbocycles. The molecule has 1 saturated heterocycles. The van der Waals surface area contributed by atoms with E-state index in [0.717, 1.165) is 23.3 Å². The van der Waals surface area contributed by atoms with Gasteiger partial charge < -0.3 is 4.90 Å². The molecule has 166 valence electrons. The summed E-state index contributed by atoms with van der Waals surface area (Å²) in [6.07, 6.45) is 3.37. The molecule has 5 nitrogen and oxygen atoms in total. The highest BCUT2D eigenvalue weighted by Crippen LogP contribution is 2.25. The Hall–Kier alpha value is -2.31. The monoisotopic (exact) mass is 439 g/mol. The largest absolute Gasteiger partial charge is 0.338 e. The summed E-state index contributed by atoms with van der Waals surface area (Å²) >= 11 is 1.43. The Morgan fingerprint density at radius 1 is 1.03 bits per heavy atom. The quantitative estimate of drug-likeness (QED) is 0.604. The smallest absolute Gasteiger partial charge is 0.266 e. The van der Waals surface area contributed by atoms with Crippen molar-refractivity contribution >= 4 is 23.6 Å². The van der Waals surface area contributed by atoms with Crippen LogP contribution in [0.15, 0.2) is 59.5 Å². The number of hydrazine groups is 1. The minimum absolute atomic E-state index is 0.0739. The lowest BCUT2D eigenvalue weighted by Gasteiger charge is -2.38. The van der Waals surface area contributed by atoms with Gasteiger partial charge in [-0.1, -0.05) is 48.9 Å². The van der Waals surface area contributed by atoms with Crippen LogP contribution >= 0.6 is 11.8 Å². The second-order valence-corrected chi connectivity index (χ2v) is 9.17. The molecule has 0 saturated carbocycles. The number of hydrogen-bond donors (Lipinski definition) is 1. The minimum atomic E-state index is -0.104. The third kappa shape index (κ3) is 6.34. The van der Waals surface area contributed by atoms with Gasteiger partial charge in [0.1, 0.15) is 0 Å². The second kappa shape index (κ2) is 11.3. The Morgan fingerprint density at radius 2 is 1.68 bits per heavy atom. The lowest BCUT2D eigenvalue weighted by Crippen LogP contribution is -2.54. The number of piperidine rings is 1. The Labute approximate surface area is 190 Å². The third-order valence-electron chi connectivity index (χ3n) is 5.86. The van der Waals surface area contributed by atoms with Crippen molar-refractivity contribution in [3.05, 3.63) is 65.7 Å². The van der Waals surface area contributed by atoms with E-state index < -0.39 is 0 Å². The molecular weight excluding hydrogens is 406 g/mol. The number of nitrogens with one attached hydrogen (secondary N) is 1. The summed E-state index contributed by atoms with van der Waals surface area (Å²) in [5, 5.41) is 2.08. The third-order valence-corrected chi connectivity index (χ3v) is 6.92. The van der Waals surface area contributed by atoms with E-state index in [-0.39, 0.29) is 11.8 Å². The molecule has 3 rings (SSSR count). The van der Waals surface area contributed by atoms with Gasteiger partial charge in [0.2, 0.25) is 5.91 Å². The normalized spacial score (nSPS) is 19.1. The molecule has 0 radical (unpaired) electrons. The average molecular weight is 440 g/mol. The van der Waals surface area contributed by atoms with E-state index >= 15 is 0 Å². The lowest BCUT2D eigenvalue weighted by atomic mass is 10.00. The predicted octanol–water partition coefficient (Wildman–Crippen LogP) is 4.74. The van der Waals surface area contributed by atoms with E-state index in [1.807, 2.05) is 66.4 Å². The molecule has 0 unspecified atom stereocenters. The van der Waals surface area contributed by atoms with Crippen LogP contribution in [-0.2, 0) is 11.3 Å². The number of thioether (sulfide) groups is 1. The van der Waals surface area contributed by atoms with Crippen LogP contribution in [0.25, 0.3) is 0 Å². The van der Waals surface area contributed by atoms with Crippen molar-refractivity contribution in [2.24, 2.45) is 0 Å². The molecule has 1 heterocycles. The molecule has 1 fully saturated rings. The fourth-order valence-corrected chi connectivity index (χ4v) is 4.96.